The second-order valence-electron chi connectivity index (χ2n) is 18.8. The summed E-state index contributed by atoms with van der Waals surface area (Å²) in [5.41, 5.74) is 22.4. The van der Waals surface area contributed by atoms with Crippen molar-refractivity contribution in [3.8, 4) is 0 Å². The van der Waals surface area contributed by atoms with Crippen molar-refractivity contribution in [3.05, 3.63) is 268 Å². The SMILES string of the molecule is Cc1ccc(N(c2ccc(C=Cc3ccc(N(c4ccccc4)c4ccc5c(c4)CCCC5)cc3)cc2)c2ccc(C=Cc3ccc(N(c4ccccc4)c4cccc5c4CCCC5)cc3)cc2)cc1. The first-order valence-electron chi connectivity index (χ1n) is 25.2. The molecule has 0 aliphatic heterocycles. The fourth-order valence-corrected chi connectivity index (χ4v) is 10.3. The topological polar surface area (TPSA) is 9.72 Å². The maximum Gasteiger partial charge on any atom is 0.0496 e. The number of rotatable bonds is 13. The van der Waals surface area contributed by atoms with Gasteiger partial charge in [0.1, 0.15) is 0 Å². The number of hydrogen-bond donors (Lipinski definition) is 0. The van der Waals surface area contributed by atoms with Gasteiger partial charge in [0, 0.05) is 51.2 Å². The van der Waals surface area contributed by atoms with Crippen molar-refractivity contribution in [1.82, 2.24) is 0 Å². The normalized spacial score (nSPS) is 13.2. The van der Waals surface area contributed by atoms with E-state index in [9.17, 15) is 0 Å². The van der Waals surface area contributed by atoms with Gasteiger partial charge in [-0.05, 0) is 206 Å². The van der Waals surface area contributed by atoms with Crippen LogP contribution in [0.3, 0.4) is 0 Å². The lowest BCUT2D eigenvalue weighted by atomic mass is 9.90. The minimum Gasteiger partial charge on any atom is -0.311 e. The van der Waals surface area contributed by atoms with Crippen LogP contribution in [0.5, 0.6) is 0 Å². The van der Waals surface area contributed by atoms with Crippen LogP contribution in [0.4, 0.5) is 51.2 Å². The monoisotopic (exact) mass is 905 g/mol. The van der Waals surface area contributed by atoms with Crippen LogP contribution in [-0.4, -0.2) is 0 Å². The Kier molecular flexibility index (Phi) is 13.1. The molecule has 342 valence electrons. The van der Waals surface area contributed by atoms with Crippen LogP contribution >= 0.6 is 0 Å². The van der Waals surface area contributed by atoms with E-state index in [-0.39, 0.29) is 0 Å². The van der Waals surface area contributed by atoms with Crippen molar-refractivity contribution < 1.29 is 0 Å². The molecule has 0 unspecified atom stereocenters. The third-order valence-corrected chi connectivity index (χ3v) is 14.1. The lowest BCUT2D eigenvalue weighted by molar-refractivity contribution is 0.685. The van der Waals surface area contributed by atoms with Crippen molar-refractivity contribution >= 4 is 75.5 Å². The number of nitrogens with zero attached hydrogens (tertiary/aromatic N) is 3. The van der Waals surface area contributed by atoms with E-state index in [0.29, 0.717) is 0 Å². The fraction of sp³-hybridized carbons (Fsp3) is 0.134. The van der Waals surface area contributed by atoms with Gasteiger partial charge in [0.25, 0.3) is 0 Å². The average molecular weight is 906 g/mol. The standard InChI is InChI=1S/C67H59N3/c1-50-23-38-60(39-24-50)68(61-40-29-51(30-41-61)25-26-53-33-44-63(45-34-53)69(58-17-4-2-5-18-58)65-48-37-55-13-8-9-15-57(55)49-65)62-42-31-52(32-43-62)27-28-54-35-46-64(47-36-54)70(59-19-6-3-7-20-59)67-22-12-16-56-14-10-11-21-66(56)67/h2-7,12,16-20,22-49H,8-11,13-15,21H2,1H3. The lowest BCUT2D eigenvalue weighted by Gasteiger charge is -2.30. The summed E-state index contributed by atoms with van der Waals surface area (Å²) in [6, 6.07) is 79.8. The van der Waals surface area contributed by atoms with Crippen LogP contribution in [-0.2, 0) is 25.7 Å². The van der Waals surface area contributed by atoms with E-state index in [4.69, 9.17) is 0 Å². The molecular formula is C67H59N3. The Balaban J connectivity index is 0.796. The molecule has 2 aliphatic rings. The van der Waals surface area contributed by atoms with Crippen LogP contribution < -0.4 is 14.7 Å². The van der Waals surface area contributed by atoms with Crippen LogP contribution in [0.15, 0.2) is 218 Å². The lowest BCUT2D eigenvalue weighted by Crippen LogP contribution is -2.15. The summed E-state index contributed by atoms with van der Waals surface area (Å²) >= 11 is 0. The molecule has 9 aromatic rings. The van der Waals surface area contributed by atoms with Crippen molar-refractivity contribution in [2.24, 2.45) is 0 Å². The second kappa shape index (κ2) is 20.6. The van der Waals surface area contributed by atoms with Gasteiger partial charge in [-0.25, -0.2) is 0 Å². The highest BCUT2D eigenvalue weighted by Gasteiger charge is 2.21. The number of aryl methyl sites for hydroxylation is 4. The molecule has 0 heterocycles. The summed E-state index contributed by atoms with van der Waals surface area (Å²) in [5, 5.41) is 0. The van der Waals surface area contributed by atoms with E-state index in [0.717, 1.165) is 58.7 Å². The van der Waals surface area contributed by atoms with Crippen molar-refractivity contribution in [1.29, 1.82) is 0 Å². The van der Waals surface area contributed by atoms with E-state index in [1.807, 2.05) is 0 Å². The number of para-hydroxylation sites is 2. The van der Waals surface area contributed by atoms with Gasteiger partial charge in [-0.3, -0.25) is 0 Å². The van der Waals surface area contributed by atoms with E-state index in [2.05, 4.69) is 264 Å². The molecule has 0 amide bonds. The first-order chi connectivity index (χ1) is 34.6. The van der Waals surface area contributed by atoms with Gasteiger partial charge < -0.3 is 14.7 Å². The van der Waals surface area contributed by atoms with Crippen LogP contribution in [0.1, 0.15) is 75.8 Å². The molecule has 11 rings (SSSR count). The predicted octanol–water partition coefficient (Wildman–Crippen LogP) is 18.5. The Morgan fingerprint density at radius 1 is 0.286 bits per heavy atom. The average Bonchev–Trinajstić information content (AvgIpc) is 3.42. The molecule has 0 aromatic heterocycles. The molecule has 70 heavy (non-hydrogen) atoms. The van der Waals surface area contributed by atoms with Gasteiger partial charge in [-0.2, -0.15) is 0 Å². The largest absolute Gasteiger partial charge is 0.311 e. The molecule has 9 aromatic carbocycles. The van der Waals surface area contributed by atoms with E-state index < -0.39 is 0 Å². The summed E-state index contributed by atoms with van der Waals surface area (Å²) in [5.74, 6) is 0. The zero-order valence-corrected chi connectivity index (χ0v) is 40.1. The molecule has 0 saturated heterocycles. The van der Waals surface area contributed by atoms with Crippen LogP contribution in [0.2, 0.25) is 0 Å². The minimum atomic E-state index is 1.11. The molecule has 0 bridgehead atoms. The summed E-state index contributed by atoms with van der Waals surface area (Å²) in [4.78, 5) is 7.14. The molecule has 2 aliphatic carbocycles. The predicted molar refractivity (Wildman–Crippen MR) is 299 cm³/mol. The molecule has 0 radical (unpaired) electrons. The highest BCUT2D eigenvalue weighted by Crippen LogP contribution is 2.41. The van der Waals surface area contributed by atoms with Gasteiger partial charge in [0.15, 0.2) is 0 Å². The number of anilines is 9. The zero-order valence-electron chi connectivity index (χ0n) is 40.1. The van der Waals surface area contributed by atoms with E-state index >= 15 is 0 Å². The smallest absolute Gasteiger partial charge is 0.0496 e. The molecule has 3 heteroatoms. The number of hydrogen-bond acceptors (Lipinski definition) is 3. The van der Waals surface area contributed by atoms with E-state index in [1.165, 1.54) is 93.9 Å². The van der Waals surface area contributed by atoms with Crippen molar-refractivity contribution in [2.75, 3.05) is 14.7 Å². The van der Waals surface area contributed by atoms with Gasteiger partial charge in [-0.1, -0.05) is 145 Å². The number of benzene rings is 9. The van der Waals surface area contributed by atoms with Gasteiger partial charge in [0.2, 0.25) is 0 Å². The first-order valence-corrected chi connectivity index (χ1v) is 25.2. The summed E-state index contributed by atoms with van der Waals surface area (Å²) < 4.78 is 0. The highest BCUT2D eigenvalue weighted by molar-refractivity contribution is 5.83. The fourth-order valence-electron chi connectivity index (χ4n) is 10.3. The third-order valence-electron chi connectivity index (χ3n) is 14.1. The molecule has 0 saturated carbocycles. The molecule has 0 fully saturated rings. The Morgan fingerprint density at radius 3 is 1.16 bits per heavy atom. The third kappa shape index (κ3) is 9.88. The van der Waals surface area contributed by atoms with Crippen molar-refractivity contribution in [2.45, 2.75) is 58.3 Å². The van der Waals surface area contributed by atoms with Crippen molar-refractivity contribution in [3.63, 3.8) is 0 Å². The highest BCUT2D eigenvalue weighted by atomic mass is 15.2. The molecule has 0 spiro atoms. The van der Waals surface area contributed by atoms with Gasteiger partial charge >= 0.3 is 0 Å². The summed E-state index contributed by atoms with van der Waals surface area (Å²) in [6.07, 6.45) is 18.6. The zero-order chi connectivity index (χ0) is 47.1. The summed E-state index contributed by atoms with van der Waals surface area (Å²) in [6.45, 7) is 2.14. The Morgan fingerprint density at radius 2 is 0.657 bits per heavy atom. The van der Waals surface area contributed by atoms with Gasteiger partial charge in [-0.15, -0.1) is 0 Å². The summed E-state index contributed by atoms with van der Waals surface area (Å²) in [7, 11) is 0. The van der Waals surface area contributed by atoms with E-state index in [1.54, 1.807) is 0 Å². The quantitative estimate of drug-likeness (QED) is 0.107. The molecule has 0 N–H and O–H groups in total. The Hall–Kier alpha value is -8.14. The Labute approximate surface area is 415 Å². The molecule has 0 atom stereocenters. The molecular weight excluding hydrogens is 847 g/mol. The van der Waals surface area contributed by atoms with Crippen LogP contribution in [0, 0.1) is 6.92 Å². The van der Waals surface area contributed by atoms with Crippen LogP contribution in [0.25, 0.3) is 24.3 Å². The Bertz CT molecular complexity index is 3220. The first kappa shape index (κ1) is 44.4. The number of fused-ring (bicyclic) bond motifs is 2. The maximum absolute atomic E-state index is 2.43. The second-order valence-corrected chi connectivity index (χ2v) is 18.8. The van der Waals surface area contributed by atoms with Gasteiger partial charge in [0.05, 0.1) is 0 Å². The maximum atomic E-state index is 2.43. The molecule has 3 nitrogen and oxygen atoms in total. The minimum absolute atomic E-state index is 1.11.